The van der Waals surface area contributed by atoms with Crippen molar-refractivity contribution in [1.82, 2.24) is 19.7 Å². The van der Waals surface area contributed by atoms with Gasteiger partial charge in [0.2, 0.25) is 11.8 Å². The minimum absolute atomic E-state index is 0.00188. The van der Waals surface area contributed by atoms with E-state index in [0.717, 1.165) is 62.0 Å². The molecule has 1 atom stereocenters. The first-order valence-corrected chi connectivity index (χ1v) is 15.5. The largest absolute Gasteiger partial charge is 0.480 e. The van der Waals surface area contributed by atoms with Gasteiger partial charge in [-0.15, -0.1) is 0 Å². The number of aryl methyl sites for hydroxylation is 2. The van der Waals surface area contributed by atoms with Crippen LogP contribution in [0, 0.1) is 20.8 Å². The van der Waals surface area contributed by atoms with E-state index in [1.54, 1.807) is 6.92 Å². The maximum Gasteiger partial charge on any atom is 0.342 e. The summed E-state index contributed by atoms with van der Waals surface area (Å²) in [5.74, 6) is 0.651. The second-order valence-electron chi connectivity index (χ2n) is 12.3. The summed E-state index contributed by atoms with van der Waals surface area (Å²) in [4.78, 5) is 30.5. The molecule has 0 radical (unpaired) electrons. The number of benzene rings is 2. The zero-order valence-electron chi connectivity index (χ0n) is 26.2. The molecule has 1 saturated heterocycles. The van der Waals surface area contributed by atoms with E-state index in [4.69, 9.17) is 9.72 Å². The smallest absolute Gasteiger partial charge is 0.342 e. The van der Waals surface area contributed by atoms with Gasteiger partial charge in [-0.3, -0.25) is 4.79 Å². The molecule has 0 bridgehead atoms. The lowest BCUT2D eigenvalue weighted by Gasteiger charge is -2.32. The highest BCUT2D eigenvalue weighted by molar-refractivity contribution is 5.90. The van der Waals surface area contributed by atoms with Crippen LogP contribution in [0.25, 0.3) is 17.1 Å². The van der Waals surface area contributed by atoms with E-state index in [1.165, 1.54) is 51.4 Å². The van der Waals surface area contributed by atoms with Crippen LogP contribution < -0.4 is 4.74 Å². The van der Waals surface area contributed by atoms with Crippen LogP contribution in [0.1, 0.15) is 87.3 Å². The average Bonchev–Trinajstić information content (AvgIpc) is 3.64. The first-order chi connectivity index (χ1) is 21.2. The molecular weight excluding hydrogens is 552 g/mol. The molecule has 228 valence electrons. The number of carbonyl (C=O) groups excluding carboxylic acids is 1. The van der Waals surface area contributed by atoms with Gasteiger partial charge in [0, 0.05) is 25.6 Å². The quantitative estimate of drug-likeness (QED) is 0.261. The standard InChI is InChI=1S/C36H40N4O4/c1-21-9-14-32(38-34(21)40-35(44-5)31(20-37-40)36(42)43)30-8-6-7-26-10-11-28(33(26)30)19-27-12-13-29(23(3)22(27)2)25-15-17-39(18-16-25)24(4)41/h6-9,12-14,20,25,28H,10-11,15-19H2,1-5H3,(H,42,43). The fraction of sp³-hybridized carbons (Fsp3) is 0.389. The summed E-state index contributed by atoms with van der Waals surface area (Å²) in [6.07, 6.45) is 6.43. The van der Waals surface area contributed by atoms with E-state index in [1.807, 2.05) is 24.0 Å². The second kappa shape index (κ2) is 11.9. The number of fused-ring (bicyclic) bond motifs is 1. The highest BCUT2D eigenvalue weighted by Gasteiger charge is 2.29. The van der Waals surface area contributed by atoms with Crippen LogP contribution in [0.4, 0.5) is 0 Å². The van der Waals surface area contributed by atoms with E-state index in [-0.39, 0.29) is 17.4 Å². The molecular formula is C36H40N4O4. The van der Waals surface area contributed by atoms with Crippen molar-refractivity contribution in [3.63, 3.8) is 0 Å². The summed E-state index contributed by atoms with van der Waals surface area (Å²) in [7, 11) is 1.45. The highest BCUT2D eigenvalue weighted by Crippen LogP contribution is 2.43. The van der Waals surface area contributed by atoms with Gasteiger partial charge in [-0.25, -0.2) is 9.78 Å². The number of aromatic nitrogens is 3. The number of likely N-dealkylation sites (tertiary alicyclic amines) is 1. The van der Waals surface area contributed by atoms with Gasteiger partial charge in [0.15, 0.2) is 5.82 Å². The Hall–Kier alpha value is -4.46. The average molecular weight is 593 g/mol. The minimum atomic E-state index is -1.09. The molecule has 1 aliphatic carbocycles. The number of hydrogen-bond acceptors (Lipinski definition) is 5. The number of piperidine rings is 1. The number of rotatable bonds is 7. The van der Waals surface area contributed by atoms with Crippen molar-refractivity contribution in [2.24, 2.45) is 0 Å². The second-order valence-corrected chi connectivity index (χ2v) is 12.3. The Balaban J connectivity index is 1.30. The van der Waals surface area contributed by atoms with E-state index >= 15 is 0 Å². The molecule has 3 heterocycles. The summed E-state index contributed by atoms with van der Waals surface area (Å²) >= 11 is 0. The van der Waals surface area contributed by atoms with E-state index < -0.39 is 5.97 Å². The zero-order chi connectivity index (χ0) is 31.1. The molecule has 2 aromatic heterocycles. The van der Waals surface area contributed by atoms with Crippen molar-refractivity contribution >= 4 is 11.9 Å². The molecule has 1 aliphatic heterocycles. The number of pyridine rings is 1. The predicted octanol–water partition coefficient (Wildman–Crippen LogP) is 6.56. The van der Waals surface area contributed by atoms with E-state index in [2.05, 4.69) is 49.3 Å². The van der Waals surface area contributed by atoms with Gasteiger partial charge in [0.1, 0.15) is 5.56 Å². The number of carbonyl (C=O) groups is 2. The number of methoxy groups -OCH3 is 1. The molecule has 2 aliphatic rings. The Morgan fingerprint density at radius 1 is 1.00 bits per heavy atom. The van der Waals surface area contributed by atoms with Crippen molar-refractivity contribution in [3.05, 3.63) is 93.2 Å². The van der Waals surface area contributed by atoms with Gasteiger partial charge in [0.25, 0.3) is 0 Å². The van der Waals surface area contributed by atoms with Crippen LogP contribution in [-0.4, -0.2) is 56.8 Å². The summed E-state index contributed by atoms with van der Waals surface area (Å²) in [5.41, 5.74) is 11.1. The van der Waals surface area contributed by atoms with Crippen LogP contribution in [0.3, 0.4) is 0 Å². The third kappa shape index (κ3) is 5.27. The van der Waals surface area contributed by atoms with Gasteiger partial charge in [-0.2, -0.15) is 9.78 Å². The summed E-state index contributed by atoms with van der Waals surface area (Å²) in [5, 5.41) is 13.9. The molecule has 1 unspecified atom stereocenters. The van der Waals surface area contributed by atoms with Crippen molar-refractivity contribution in [3.8, 4) is 23.0 Å². The number of aromatic carboxylic acids is 1. The lowest BCUT2D eigenvalue weighted by Crippen LogP contribution is -2.36. The monoisotopic (exact) mass is 592 g/mol. The first-order valence-electron chi connectivity index (χ1n) is 15.5. The molecule has 4 aromatic rings. The molecule has 8 nitrogen and oxygen atoms in total. The van der Waals surface area contributed by atoms with Crippen molar-refractivity contribution in [1.29, 1.82) is 0 Å². The topological polar surface area (TPSA) is 97.5 Å². The van der Waals surface area contributed by atoms with Crippen molar-refractivity contribution < 1.29 is 19.4 Å². The number of ether oxygens (including phenoxy) is 1. The highest BCUT2D eigenvalue weighted by atomic mass is 16.5. The Labute approximate surface area is 258 Å². The summed E-state index contributed by atoms with van der Waals surface area (Å²) in [6, 6.07) is 15.2. The van der Waals surface area contributed by atoms with E-state index in [0.29, 0.717) is 17.7 Å². The lowest BCUT2D eigenvalue weighted by atomic mass is 9.82. The maximum absolute atomic E-state index is 11.8. The summed E-state index contributed by atoms with van der Waals surface area (Å²) < 4.78 is 6.91. The van der Waals surface area contributed by atoms with Crippen molar-refractivity contribution in [2.75, 3.05) is 20.2 Å². The van der Waals surface area contributed by atoms with Crippen LogP contribution >= 0.6 is 0 Å². The number of hydrogen-bond donors (Lipinski definition) is 1. The fourth-order valence-corrected chi connectivity index (χ4v) is 7.26. The molecule has 1 amide bonds. The fourth-order valence-electron chi connectivity index (χ4n) is 7.26. The first kappa shape index (κ1) is 29.6. The Morgan fingerprint density at radius 2 is 1.77 bits per heavy atom. The Kier molecular flexibility index (Phi) is 8.01. The SMILES string of the molecule is COc1c(C(=O)O)cnn1-c1nc(-c2cccc3c2C(Cc2ccc(C4CCN(C(C)=O)CC4)c(C)c2C)CC3)ccc1C. The minimum Gasteiger partial charge on any atom is -0.480 e. The molecule has 1 N–H and O–H groups in total. The van der Waals surface area contributed by atoms with Crippen LogP contribution in [0.2, 0.25) is 0 Å². The molecule has 44 heavy (non-hydrogen) atoms. The molecule has 8 heteroatoms. The Morgan fingerprint density at radius 3 is 2.48 bits per heavy atom. The number of carboxylic acid groups (broad SMARTS) is 1. The van der Waals surface area contributed by atoms with E-state index in [9.17, 15) is 14.7 Å². The van der Waals surface area contributed by atoms with Gasteiger partial charge >= 0.3 is 5.97 Å². The molecule has 0 saturated carbocycles. The number of carboxylic acids is 1. The van der Waals surface area contributed by atoms with Gasteiger partial charge in [0.05, 0.1) is 19.0 Å². The van der Waals surface area contributed by atoms with Gasteiger partial charge in [-0.1, -0.05) is 36.4 Å². The molecule has 1 fully saturated rings. The normalized spacial score (nSPS) is 16.7. The van der Waals surface area contributed by atoms with Crippen LogP contribution in [0.15, 0.2) is 48.7 Å². The molecule has 6 rings (SSSR count). The zero-order valence-corrected chi connectivity index (χ0v) is 26.2. The number of nitrogens with zero attached hydrogens (tertiary/aromatic N) is 4. The van der Waals surface area contributed by atoms with Crippen LogP contribution in [0.5, 0.6) is 5.88 Å². The third-order valence-corrected chi connectivity index (χ3v) is 9.85. The third-order valence-electron chi connectivity index (χ3n) is 9.85. The van der Waals surface area contributed by atoms with Crippen LogP contribution in [-0.2, 0) is 17.6 Å². The van der Waals surface area contributed by atoms with Gasteiger partial charge < -0.3 is 14.7 Å². The van der Waals surface area contributed by atoms with Gasteiger partial charge in [-0.05, 0) is 110 Å². The maximum atomic E-state index is 11.8. The molecule has 0 spiro atoms. The lowest BCUT2D eigenvalue weighted by molar-refractivity contribution is -0.129. The number of amides is 1. The Bertz CT molecular complexity index is 1750. The summed E-state index contributed by atoms with van der Waals surface area (Å²) in [6.45, 7) is 9.80. The molecule has 2 aromatic carbocycles. The predicted molar refractivity (Wildman–Crippen MR) is 170 cm³/mol. The van der Waals surface area contributed by atoms with Crippen molar-refractivity contribution in [2.45, 2.75) is 71.6 Å².